The van der Waals surface area contributed by atoms with Crippen molar-refractivity contribution in [1.29, 1.82) is 0 Å². The van der Waals surface area contributed by atoms with Crippen molar-refractivity contribution in [2.45, 2.75) is 97.9 Å². The van der Waals surface area contributed by atoms with Crippen LogP contribution in [0.5, 0.6) is 0 Å². The minimum atomic E-state index is -0.180. The second-order valence-electron chi connectivity index (χ2n) is 14.5. The van der Waals surface area contributed by atoms with Gasteiger partial charge in [0.25, 0.3) is 0 Å². The first-order valence-corrected chi connectivity index (χ1v) is 14.2. The van der Waals surface area contributed by atoms with Gasteiger partial charge in [-0.05, 0) is 121 Å². The van der Waals surface area contributed by atoms with Gasteiger partial charge in [-0.25, -0.2) is 0 Å². The second-order valence-corrected chi connectivity index (χ2v) is 14.5. The van der Waals surface area contributed by atoms with Crippen molar-refractivity contribution in [2.24, 2.45) is 62.4 Å². The van der Waals surface area contributed by atoms with Crippen LogP contribution in [-0.2, 0) is 0 Å². The summed E-state index contributed by atoms with van der Waals surface area (Å²) in [6.45, 7) is 14.9. The molecule has 5 fully saturated rings. The first-order valence-electron chi connectivity index (χ1n) is 14.2. The number of hydrogen-bond acceptors (Lipinski definition) is 4. The van der Waals surface area contributed by atoms with Gasteiger partial charge in [0.15, 0.2) is 0 Å². The highest BCUT2D eigenvalue weighted by molar-refractivity contribution is 5.22. The average molecular weight is 474 g/mol. The number of rotatable bonds is 4. The van der Waals surface area contributed by atoms with E-state index in [1.807, 2.05) is 0 Å². The standard InChI is InChI=1S/C30H51NO3/c1-19(16-32)20-8-13-30(18-34)15-14-28(4)21(25(20)30)6-7-23-26(2)11-10-24(31)27(3,17-33)22(26)9-12-29(23,28)5/h20-25,32-34H,1,6-18,31H2,2-5H3. The highest BCUT2D eigenvalue weighted by atomic mass is 16.3. The average Bonchev–Trinajstić information content (AvgIpc) is 3.22. The van der Waals surface area contributed by atoms with Gasteiger partial charge in [-0.15, -0.1) is 0 Å². The van der Waals surface area contributed by atoms with E-state index in [1.165, 1.54) is 38.5 Å². The van der Waals surface area contributed by atoms with Crippen LogP contribution in [0.4, 0.5) is 0 Å². The van der Waals surface area contributed by atoms with E-state index in [2.05, 4.69) is 34.3 Å². The maximum absolute atomic E-state index is 10.7. The summed E-state index contributed by atoms with van der Waals surface area (Å²) >= 11 is 0. The van der Waals surface area contributed by atoms with Crippen molar-refractivity contribution in [2.75, 3.05) is 19.8 Å². The zero-order valence-electron chi connectivity index (χ0n) is 22.3. The van der Waals surface area contributed by atoms with Crippen molar-refractivity contribution in [1.82, 2.24) is 0 Å². The van der Waals surface area contributed by atoms with Crippen LogP contribution in [0.15, 0.2) is 12.2 Å². The van der Waals surface area contributed by atoms with E-state index < -0.39 is 0 Å². The van der Waals surface area contributed by atoms with E-state index >= 15 is 0 Å². The van der Waals surface area contributed by atoms with Crippen molar-refractivity contribution in [3.05, 3.63) is 12.2 Å². The van der Waals surface area contributed by atoms with Gasteiger partial charge in [0.05, 0.1) is 13.2 Å². The lowest BCUT2D eigenvalue weighted by atomic mass is 9.32. The quantitative estimate of drug-likeness (QED) is 0.437. The molecule has 0 aliphatic heterocycles. The fourth-order valence-corrected chi connectivity index (χ4v) is 11.7. The summed E-state index contributed by atoms with van der Waals surface area (Å²) in [6, 6.07) is 0.0930. The Balaban J connectivity index is 1.54. The molecule has 5 aliphatic rings. The van der Waals surface area contributed by atoms with Crippen LogP contribution in [0, 0.1) is 56.7 Å². The lowest BCUT2D eigenvalue weighted by Gasteiger charge is -2.73. The zero-order valence-corrected chi connectivity index (χ0v) is 22.3. The summed E-state index contributed by atoms with van der Waals surface area (Å²) in [6.07, 6.45) is 11.5. The molecule has 0 heterocycles. The fraction of sp³-hybridized carbons (Fsp3) is 0.933. The maximum atomic E-state index is 10.7. The Morgan fingerprint density at radius 1 is 0.794 bits per heavy atom. The zero-order chi connectivity index (χ0) is 24.7. The van der Waals surface area contributed by atoms with Gasteiger partial charge in [0, 0.05) is 18.1 Å². The predicted octanol–water partition coefficient (Wildman–Crippen LogP) is 4.91. The van der Waals surface area contributed by atoms with E-state index in [4.69, 9.17) is 5.73 Å². The highest BCUT2D eigenvalue weighted by Crippen LogP contribution is 2.77. The van der Waals surface area contributed by atoms with Crippen LogP contribution < -0.4 is 5.73 Å². The molecular formula is C30H51NO3. The SMILES string of the molecule is C=C(CO)C1CCC2(CO)CCC3(C)C(CCC4C5(C)CCC(N)C(C)(CO)C5CCC43C)C12. The van der Waals surface area contributed by atoms with Crippen molar-refractivity contribution < 1.29 is 15.3 Å². The first kappa shape index (κ1) is 25.2. The van der Waals surface area contributed by atoms with Gasteiger partial charge in [0.2, 0.25) is 0 Å². The topological polar surface area (TPSA) is 86.7 Å². The molecule has 0 saturated heterocycles. The molecule has 0 amide bonds. The van der Waals surface area contributed by atoms with E-state index in [0.717, 1.165) is 31.3 Å². The molecule has 4 heteroatoms. The summed E-state index contributed by atoms with van der Waals surface area (Å²) in [5.41, 5.74) is 8.21. The van der Waals surface area contributed by atoms with Crippen LogP contribution in [0.3, 0.4) is 0 Å². The van der Waals surface area contributed by atoms with E-state index in [0.29, 0.717) is 29.6 Å². The maximum Gasteiger partial charge on any atom is 0.0641 e. The first-order chi connectivity index (χ1) is 16.0. The molecule has 0 aromatic heterocycles. The van der Waals surface area contributed by atoms with Crippen molar-refractivity contribution >= 4 is 0 Å². The molecule has 0 spiro atoms. The minimum absolute atomic E-state index is 0.0182. The van der Waals surface area contributed by atoms with Gasteiger partial charge in [0.1, 0.15) is 0 Å². The van der Waals surface area contributed by atoms with Crippen LogP contribution in [0.2, 0.25) is 0 Å². The summed E-state index contributed by atoms with van der Waals surface area (Å²) in [5.74, 6) is 2.52. The smallest absolute Gasteiger partial charge is 0.0641 e. The number of aliphatic hydroxyl groups excluding tert-OH is 3. The molecule has 0 radical (unpaired) electrons. The summed E-state index contributed by atoms with van der Waals surface area (Å²) in [4.78, 5) is 0. The summed E-state index contributed by atoms with van der Waals surface area (Å²) in [7, 11) is 0. The molecule has 0 bridgehead atoms. The summed E-state index contributed by atoms with van der Waals surface area (Å²) < 4.78 is 0. The molecular weight excluding hydrogens is 422 g/mol. The molecule has 4 nitrogen and oxygen atoms in total. The Morgan fingerprint density at radius 2 is 1.53 bits per heavy atom. The molecule has 0 aromatic rings. The fourth-order valence-electron chi connectivity index (χ4n) is 11.7. The minimum Gasteiger partial charge on any atom is -0.396 e. The predicted molar refractivity (Wildman–Crippen MR) is 137 cm³/mol. The van der Waals surface area contributed by atoms with E-state index in [9.17, 15) is 15.3 Å². The molecule has 5 saturated carbocycles. The molecule has 11 unspecified atom stereocenters. The van der Waals surface area contributed by atoms with Gasteiger partial charge < -0.3 is 21.1 Å². The van der Waals surface area contributed by atoms with Crippen LogP contribution in [0.25, 0.3) is 0 Å². The van der Waals surface area contributed by atoms with Crippen LogP contribution in [-0.4, -0.2) is 41.2 Å². The molecule has 5 aliphatic carbocycles. The van der Waals surface area contributed by atoms with Crippen molar-refractivity contribution in [3.63, 3.8) is 0 Å². The van der Waals surface area contributed by atoms with Gasteiger partial charge in [-0.3, -0.25) is 0 Å². The largest absolute Gasteiger partial charge is 0.396 e. The monoisotopic (exact) mass is 473 g/mol. The Hall–Kier alpha value is -0.420. The molecule has 5 N–H and O–H groups in total. The normalized spacial score (nSPS) is 56.7. The number of aliphatic hydroxyl groups is 3. The number of hydrogen-bond donors (Lipinski definition) is 4. The van der Waals surface area contributed by atoms with E-state index in [1.54, 1.807) is 0 Å². The van der Waals surface area contributed by atoms with Crippen LogP contribution in [0.1, 0.15) is 91.9 Å². The third-order valence-electron chi connectivity index (χ3n) is 13.9. The second kappa shape index (κ2) is 8.04. The summed E-state index contributed by atoms with van der Waals surface area (Å²) in [5, 5.41) is 31.2. The third-order valence-corrected chi connectivity index (χ3v) is 13.9. The molecule has 34 heavy (non-hydrogen) atoms. The van der Waals surface area contributed by atoms with Crippen molar-refractivity contribution in [3.8, 4) is 0 Å². The lowest BCUT2D eigenvalue weighted by Crippen LogP contribution is -2.68. The molecule has 194 valence electrons. The Labute approximate surface area is 207 Å². The Kier molecular flexibility index (Phi) is 5.97. The van der Waals surface area contributed by atoms with Crippen LogP contribution >= 0.6 is 0 Å². The molecule has 0 aromatic carbocycles. The molecule has 5 rings (SSSR count). The Morgan fingerprint density at radius 3 is 2.18 bits per heavy atom. The van der Waals surface area contributed by atoms with E-state index in [-0.39, 0.29) is 52.9 Å². The number of fused-ring (bicyclic) bond motifs is 7. The Bertz CT molecular complexity index is 830. The van der Waals surface area contributed by atoms with Gasteiger partial charge in [-0.2, -0.15) is 0 Å². The van der Waals surface area contributed by atoms with Gasteiger partial charge in [-0.1, -0.05) is 34.3 Å². The van der Waals surface area contributed by atoms with Gasteiger partial charge >= 0.3 is 0 Å². The lowest BCUT2D eigenvalue weighted by molar-refractivity contribution is -0.244. The highest BCUT2D eigenvalue weighted by Gasteiger charge is 2.71. The number of nitrogens with two attached hydrogens (primary N) is 1. The molecule has 11 atom stereocenters. The third kappa shape index (κ3) is 2.92.